The van der Waals surface area contributed by atoms with Crippen molar-refractivity contribution in [3.05, 3.63) is 16.7 Å². The van der Waals surface area contributed by atoms with Crippen molar-refractivity contribution in [1.29, 1.82) is 0 Å². The Balaban J connectivity index is 1.70. The number of carbonyl (C=O) groups is 4. The summed E-state index contributed by atoms with van der Waals surface area (Å²) in [5.74, 6) is -2.92. The highest BCUT2D eigenvalue weighted by Gasteiger charge is 2.62. The molecular weight excluding hydrogens is 419 g/mol. The number of aliphatic hydroxyl groups excluding tert-OH is 1. The number of hydrogen-bond acceptors (Lipinski definition) is 9. The van der Waals surface area contributed by atoms with E-state index in [0.29, 0.717) is 10.5 Å². The van der Waals surface area contributed by atoms with E-state index < -0.39 is 43.7 Å². The van der Waals surface area contributed by atoms with Gasteiger partial charge in [0.05, 0.1) is 11.1 Å². The number of nitrogens with zero attached hydrogens (tertiary/aromatic N) is 2. The molecule has 158 valence electrons. The highest BCUT2D eigenvalue weighted by molar-refractivity contribution is 7.50. The zero-order valence-corrected chi connectivity index (χ0v) is 17.0. The van der Waals surface area contributed by atoms with Gasteiger partial charge in [-0.3, -0.25) is 29.0 Å². The quantitative estimate of drug-likeness (QED) is 0.547. The number of hydrogen-bond donors (Lipinski definition) is 1. The summed E-state index contributed by atoms with van der Waals surface area (Å²) >= 11 is 0. The first kappa shape index (κ1) is 19.1. The molecule has 4 aliphatic heterocycles. The summed E-state index contributed by atoms with van der Waals surface area (Å²) in [7, 11) is -3.91. The first-order valence-corrected chi connectivity index (χ1v) is 10.9. The second-order valence-corrected chi connectivity index (χ2v) is 8.83. The average Bonchev–Trinajstić information content (AvgIpc) is 3.31. The fourth-order valence-corrected chi connectivity index (χ4v) is 5.94. The van der Waals surface area contributed by atoms with Crippen molar-refractivity contribution in [1.82, 2.24) is 9.80 Å². The van der Waals surface area contributed by atoms with E-state index >= 15 is 0 Å². The second kappa shape index (κ2) is 5.83. The molecule has 30 heavy (non-hydrogen) atoms. The molecule has 4 heterocycles. The Morgan fingerprint density at radius 2 is 1.63 bits per heavy atom. The number of imide groups is 2. The minimum atomic E-state index is -3.91. The molecular formula is C18H17N2O9P. The number of likely N-dealkylation sites (tertiary alicyclic amines) is 1. The summed E-state index contributed by atoms with van der Waals surface area (Å²) in [6, 6.07) is 0. The van der Waals surface area contributed by atoms with Crippen molar-refractivity contribution in [3.63, 3.8) is 0 Å². The highest BCUT2D eigenvalue weighted by Crippen LogP contribution is 2.71. The van der Waals surface area contributed by atoms with Crippen LogP contribution in [0.15, 0.2) is 0 Å². The number of phosphoric ester groups is 1. The number of rotatable bonds is 4. The third kappa shape index (κ3) is 2.01. The van der Waals surface area contributed by atoms with Crippen LogP contribution in [0.1, 0.15) is 59.4 Å². The topological polar surface area (TPSA) is 140 Å². The Kier molecular flexibility index (Phi) is 3.71. The lowest BCUT2D eigenvalue weighted by atomic mass is 9.83. The molecule has 2 atom stereocenters. The van der Waals surface area contributed by atoms with Crippen LogP contribution in [-0.4, -0.2) is 50.8 Å². The standard InChI is InChI=1S/C18H17N2O9P/c1-3-8-10-11(13-14-12(8)27-30(26,28-13)29-14)16(24)20(15(10)23)18(4-2)6-5-9(22)19(7-21)17(18)25/h21H,3-7H2,1-2H3. The zero-order valence-electron chi connectivity index (χ0n) is 16.1. The molecule has 1 aromatic rings. The number of amides is 4. The van der Waals surface area contributed by atoms with Gasteiger partial charge in [0.25, 0.3) is 17.7 Å². The van der Waals surface area contributed by atoms with Gasteiger partial charge in [-0.05, 0) is 19.3 Å². The van der Waals surface area contributed by atoms with Gasteiger partial charge in [-0.15, -0.1) is 0 Å². The molecule has 11 nitrogen and oxygen atoms in total. The van der Waals surface area contributed by atoms with Crippen molar-refractivity contribution in [2.75, 3.05) is 6.73 Å². The molecule has 5 rings (SSSR count). The molecule has 4 amide bonds. The largest absolute Gasteiger partial charge is 0.647 e. The summed E-state index contributed by atoms with van der Waals surface area (Å²) in [5.41, 5.74) is -1.40. The molecule has 12 heteroatoms. The fraction of sp³-hybridized carbons (Fsp3) is 0.444. The molecule has 0 aliphatic carbocycles. The smallest absolute Gasteiger partial charge is 0.381 e. The van der Waals surface area contributed by atoms with Crippen molar-refractivity contribution in [2.24, 2.45) is 0 Å². The van der Waals surface area contributed by atoms with Crippen LogP contribution < -0.4 is 13.6 Å². The average molecular weight is 436 g/mol. The van der Waals surface area contributed by atoms with Crippen LogP contribution in [0.2, 0.25) is 0 Å². The van der Waals surface area contributed by atoms with Crippen LogP contribution in [0.3, 0.4) is 0 Å². The van der Waals surface area contributed by atoms with Crippen LogP contribution in [0.5, 0.6) is 17.2 Å². The number of aliphatic hydroxyl groups is 1. The maximum absolute atomic E-state index is 13.5. The first-order chi connectivity index (χ1) is 14.2. The minimum Gasteiger partial charge on any atom is -0.381 e. The maximum atomic E-state index is 13.5. The molecule has 0 radical (unpaired) electrons. The maximum Gasteiger partial charge on any atom is 0.647 e. The Morgan fingerprint density at radius 3 is 2.23 bits per heavy atom. The van der Waals surface area contributed by atoms with Crippen LogP contribution in [0.25, 0.3) is 0 Å². The summed E-state index contributed by atoms with van der Waals surface area (Å²) in [6.07, 6.45) is 0.140. The van der Waals surface area contributed by atoms with Crippen LogP contribution in [0.4, 0.5) is 0 Å². The number of benzene rings is 1. The molecule has 0 spiro atoms. The van der Waals surface area contributed by atoms with Crippen molar-refractivity contribution in [2.45, 2.75) is 45.1 Å². The van der Waals surface area contributed by atoms with Crippen LogP contribution in [0, 0.1) is 0 Å². The summed E-state index contributed by atoms with van der Waals surface area (Å²) in [6.45, 7) is 2.51. The van der Waals surface area contributed by atoms with Gasteiger partial charge in [0, 0.05) is 12.0 Å². The second-order valence-electron chi connectivity index (χ2n) is 7.39. The molecule has 1 saturated heterocycles. The number of phosphoric acid groups is 1. The van der Waals surface area contributed by atoms with Crippen LogP contribution in [-0.2, 0) is 20.6 Å². The van der Waals surface area contributed by atoms with E-state index in [4.69, 9.17) is 13.6 Å². The molecule has 0 aromatic heterocycles. The molecule has 1 aromatic carbocycles. The number of fused-ring (bicyclic) bond motifs is 3. The minimum absolute atomic E-state index is 0.0149. The van der Waals surface area contributed by atoms with Crippen molar-refractivity contribution >= 4 is 31.5 Å². The van der Waals surface area contributed by atoms with Gasteiger partial charge in [0.15, 0.2) is 11.5 Å². The lowest BCUT2D eigenvalue weighted by Crippen LogP contribution is -2.65. The van der Waals surface area contributed by atoms with E-state index in [1.54, 1.807) is 13.8 Å². The van der Waals surface area contributed by atoms with Crippen LogP contribution >= 0.6 is 7.82 Å². The number of carbonyl (C=O) groups excluding carboxylic acids is 4. The monoisotopic (exact) mass is 436 g/mol. The molecule has 2 unspecified atom stereocenters. The van der Waals surface area contributed by atoms with Gasteiger partial charge in [0.2, 0.25) is 11.7 Å². The Bertz CT molecular complexity index is 1130. The Hall–Kier alpha value is -2.91. The van der Waals surface area contributed by atoms with Gasteiger partial charge < -0.3 is 18.7 Å². The highest BCUT2D eigenvalue weighted by atomic mass is 31.2. The van der Waals surface area contributed by atoms with E-state index in [0.717, 1.165) is 4.90 Å². The van der Waals surface area contributed by atoms with E-state index in [1.165, 1.54) is 0 Å². The van der Waals surface area contributed by atoms with E-state index in [-0.39, 0.29) is 54.1 Å². The van der Waals surface area contributed by atoms with Gasteiger partial charge in [-0.25, -0.2) is 0 Å². The zero-order chi connectivity index (χ0) is 21.6. The summed E-state index contributed by atoms with van der Waals surface area (Å²) < 4.78 is 28.2. The van der Waals surface area contributed by atoms with E-state index in [1.807, 2.05) is 0 Å². The summed E-state index contributed by atoms with van der Waals surface area (Å²) in [4.78, 5) is 53.6. The lowest BCUT2D eigenvalue weighted by molar-refractivity contribution is -0.162. The summed E-state index contributed by atoms with van der Waals surface area (Å²) in [5, 5.41) is 9.50. The predicted molar refractivity (Wildman–Crippen MR) is 97.0 cm³/mol. The third-order valence-electron chi connectivity index (χ3n) is 6.11. The van der Waals surface area contributed by atoms with Crippen molar-refractivity contribution in [3.8, 4) is 17.2 Å². The SMILES string of the molecule is CCc1c2c3c(c4c1C(=O)N(C1(CC)CCC(=O)N(CO)C1=O)C4=O)OP(=O)(O2)O3. The normalized spacial score (nSPS) is 28.6. The van der Waals surface area contributed by atoms with Gasteiger partial charge in [0.1, 0.15) is 12.3 Å². The first-order valence-electron chi connectivity index (χ1n) is 9.49. The molecule has 1 N–H and O–H groups in total. The van der Waals surface area contributed by atoms with Crippen molar-refractivity contribution < 1.29 is 42.4 Å². The molecule has 4 aliphatic rings. The fourth-order valence-electron chi connectivity index (χ4n) is 4.63. The third-order valence-corrected chi connectivity index (χ3v) is 7.33. The van der Waals surface area contributed by atoms with Gasteiger partial charge in [-0.1, -0.05) is 13.8 Å². The lowest BCUT2D eigenvalue weighted by Gasteiger charge is -2.43. The Labute approximate surface area is 170 Å². The molecule has 1 fully saturated rings. The molecule has 2 bridgehead atoms. The van der Waals surface area contributed by atoms with Gasteiger partial charge in [-0.2, -0.15) is 4.57 Å². The molecule has 0 saturated carbocycles. The van der Waals surface area contributed by atoms with E-state index in [2.05, 4.69) is 0 Å². The van der Waals surface area contributed by atoms with Gasteiger partial charge >= 0.3 is 7.82 Å². The Morgan fingerprint density at radius 1 is 1.00 bits per heavy atom. The number of piperidine rings is 1. The van der Waals surface area contributed by atoms with E-state index in [9.17, 15) is 28.8 Å². The predicted octanol–water partition coefficient (Wildman–Crippen LogP) is 1.36.